The van der Waals surface area contributed by atoms with E-state index in [-0.39, 0.29) is 98.5 Å². The minimum absolute atomic E-state index is 0.0656. The molecule has 6 aliphatic rings. The summed E-state index contributed by atoms with van der Waals surface area (Å²) < 4.78 is 78.6. The van der Waals surface area contributed by atoms with Gasteiger partial charge in [-0.3, -0.25) is 39.5 Å². The SMILES string of the molecule is C=CC(=O)N1CCN(c2nc(OC3CN(C)C[C@H]3OC)nc3c(Oc4c(Cl)c(F)cc5[nH]ncc45)nc(C)cc23)CC1.C=CC(=O)N1CCN(c2nc(O[C@@H]3CN(C)C[C@H]3OC)nc3c(Oc4c(Cl)c(F)cc5[nH]ncc45)cccc23)CC1.C=CC(=O)N1CCN(c2nc(Oc3cccc4c3CCN(C)C4)nc3c(Oc4c(Cl)c(Cl)cc5[nH]ncc45)nccc23)CC1. The fourth-order valence-electron chi connectivity index (χ4n) is 16.5. The molecule has 3 N–H and O–H groups in total. The molecular weight excluding hydrogens is 1720 g/mol. The van der Waals surface area contributed by atoms with Crippen molar-refractivity contribution in [2.45, 2.75) is 44.3 Å². The molecule has 1 unspecified atom stereocenters. The van der Waals surface area contributed by atoms with Crippen LogP contribution in [0.5, 0.6) is 58.5 Å². The van der Waals surface area contributed by atoms with Crippen LogP contribution in [0.25, 0.3) is 65.4 Å². The lowest BCUT2D eigenvalue weighted by Crippen LogP contribution is -2.48. The number of carbonyl (C=O) groups excluding carboxylic acids is 3. The molecule has 4 atom stereocenters. The second-order valence-electron chi connectivity index (χ2n) is 31.3. The minimum atomic E-state index is -0.664. The molecule has 6 aliphatic heterocycles. The number of aryl methyl sites for hydroxylation is 1. The summed E-state index contributed by atoms with van der Waals surface area (Å²) in [5.41, 5.74) is 5.79. The van der Waals surface area contributed by atoms with Crippen LogP contribution in [0, 0.1) is 18.6 Å². The lowest BCUT2D eigenvalue weighted by Gasteiger charge is -2.35. The number of anilines is 3. The number of carbonyl (C=O) groups is 3. The average Bonchev–Trinajstić information content (AvgIpc) is 0.883. The molecule has 658 valence electrons. The number of fused-ring (bicyclic) bond motifs is 7. The zero-order chi connectivity index (χ0) is 88.6. The smallest absolute Gasteiger partial charge is 0.324 e. The maximum atomic E-state index is 14.7. The Morgan fingerprint density at radius 3 is 1.43 bits per heavy atom. The molecule has 0 radical (unpaired) electrons. The Hall–Kier alpha value is -12.5. The molecule has 34 nitrogen and oxygen atoms in total. The number of halogens is 6. The maximum absolute atomic E-state index is 14.7. The number of nitrogens with zero attached hydrogens (tertiary/aromatic N) is 20. The van der Waals surface area contributed by atoms with E-state index in [1.54, 1.807) is 53.4 Å². The third kappa shape index (κ3) is 17.9. The monoisotopic (exact) mass is 1810 g/mol. The van der Waals surface area contributed by atoms with Crippen LogP contribution < -0.4 is 43.1 Å². The van der Waals surface area contributed by atoms with Crippen molar-refractivity contribution in [2.24, 2.45) is 0 Å². The number of rotatable bonds is 20. The van der Waals surface area contributed by atoms with Crippen molar-refractivity contribution in [1.29, 1.82) is 0 Å². The highest BCUT2D eigenvalue weighted by Crippen LogP contribution is 2.47. The van der Waals surface area contributed by atoms with E-state index in [2.05, 4.69) is 103 Å². The van der Waals surface area contributed by atoms with E-state index < -0.39 is 11.6 Å². The first-order chi connectivity index (χ1) is 61.5. The summed E-state index contributed by atoms with van der Waals surface area (Å²) in [4.78, 5) is 92.7. The molecule has 40 heteroatoms. The highest BCUT2D eigenvalue weighted by molar-refractivity contribution is 6.44. The number of methoxy groups -OCH3 is 2. The van der Waals surface area contributed by atoms with Crippen molar-refractivity contribution in [1.82, 2.24) is 99.9 Å². The lowest BCUT2D eigenvalue weighted by atomic mass is 9.99. The Kier molecular flexibility index (Phi) is 25.4. The predicted octanol–water partition coefficient (Wildman–Crippen LogP) is 12.6. The molecule has 5 saturated heterocycles. The van der Waals surface area contributed by atoms with Crippen molar-refractivity contribution in [2.75, 3.05) is 161 Å². The maximum Gasteiger partial charge on any atom is 0.324 e. The number of ether oxygens (including phenoxy) is 8. The van der Waals surface area contributed by atoms with Crippen LogP contribution in [0.1, 0.15) is 16.8 Å². The number of likely N-dealkylation sites (tertiary alicyclic amines) is 2. The number of pyridine rings is 2. The molecule has 5 fully saturated rings. The third-order valence-corrected chi connectivity index (χ3v) is 24.5. The first kappa shape index (κ1) is 86.6. The quantitative estimate of drug-likeness (QED) is 0.0597. The third-order valence-electron chi connectivity index (χ3n) is 23.0. The van der Waals surface area contributed by atoms with Gasteiger partial charge in [-0.05, 0) is 94.7 Å². The van der Waals surface area contributed by atoms with E-state index in [4.69, 9.17) is 114 Å². The standard InChI is InChI=1S/C31H28Cl2N8O3.C28H30ClFN8O4.C28H29ClFN7O4/c1-3-25(42)40-11-13-41(14-12-40)29-20-7-9-34-30(44-28-21-16-35-38-23(21)15-22(32)26(28)33)27(20)36-31(37-29)43-24-6-4-5-18-17-39(2)10-8-19(18)24;1-5-22(39)37-6-8-38(9-7-37)26-16-10-15(2)32-27(42-25-17-12-31-35-19(17)11-18(30)23(25)29)24(16)33-28(34-26)41-21-14-36(3)13-20(21)40-4;1-4-23(38)36-8-10-37(11-9-36)27-16-6-5-7-20(40-26-17-13-31-34-19(17)12-18(30)24(26)29)25(16)32-28(33-27)41-22-15-35(2)14-21(22)39-3/h3-7,9,15-16H,1,8,10-14,17H2,2H3,(H,35,38);5,10-12,20-21H,1,6-9,13-14H2,2-4H3,(H,31,35);4-7,12-13,21-22H,1,8-11,14-15H2,2-3H3,(H,31,34)/t;20-,21?;21-,22-/m.11/s1. The number of likely N-dealkylation sites (N-methyl/N-ethyl adjacent to an activating group) is 3. The van der Waals surface area contributed by atoms with Gasteiger partial charge in [0.25, 0.3) is 0 Å². The van der Waals surface area contributed by atoms with Gasteiger partial charge in [0.15, 0.2) is 23.0 Å². The molecule has 8 aromatic heterocycles. The molecule has 19 rings (SSSR count). The summed E-state index contributed by atoms with van der Waals surface area (Å²) in [7, 11) is 9.40. The molecular formula is C87H87Cl4F2N23O11. The topological polar surface area (TPSA) is 343 Å². The number of nitrogens with one attached hydrogen (secondary N) is 3. The summed E-state index contributed by atoms with van der Waals surface area (Å²) in [6.07, 6.45) is 10.2. The number of hydrogen-bond donors (Lipinski definition) is 3. The van der Waals surface area contributed by atoms with E-state index in [1.807, 2.05) is 57.4 Å². The second-order valence-corrected chi connectivity index (χ2v) is 32.8. The van der Waals surface area contributed by atoms with Gasteiger partial charge in [0, 0.05) is 167 Å². The van der Waals surface area contributed by atoms with E-state index >= 15 is 0 Å². The van der Waals surface area contributed by atoms with E-state index in [0.29, 0.717) is 216 Å². The fraction of sp³-hybridized carbons (Fsp3) is 0.333. The highest BCUT2D eigenvalue weighted by atomic mass is 35.5. The van der Waals surface area contributed by atoms with Gasteiger partial charge in [-0.15, -0.1) is 0 Å². The summed E-state index contributed by atoms with van der Waals surface area (Å²) in [6.45, 7) is 23.4. The van der Waals surface area contributed by atoms with Gasteiger partial charge in [0.1, 0.15) is 90.9 Å². The molecule has 0 saturated carbocycles. The Labute approximate surface area is 745 Å². The Balaban J connectivity index is 0.000000134. The number of para-hydroxylation sites is 1. The molecule has 0 bridgehead atoms. The average molecular weight is 1810 g/mol. The molecule has 5 aromatic carbocycles. The Bertz CT molecular complexity index is 6430. The van der Waals surface area contributed by atoms with Crippen LogP contribution in [0.3, 0.4) is 0 Å². The first-order valence-electron chi connectivity index (χ1n) is 40.9. The number of aromatic amines is 3. The number of H-pyrrole nitrogens is 3. The van der Waals surface area contributed by atoms with Gasteiger partial charge in [-0.25, -0.2) is 18.7 Å². The van der Waals surface area contributed by atoms with Crippen molar-refractivity contribution in [3.05, 3.63) is 178 Å². The molecule has 127 heavy (non-hydrogen) atoms. The predicted molar refractivity (Wildman–Crippen MR) is 476 cm³/mol. The molecule has 13 aromatic rings. The van der Waals surface area contributed by atoms with Crippen LogP contribution in [0.4, 0.5) is 26.2 Å². The Morgan fingerprint density at radius 1 is 0.457 bits per heavy atom. The molecule has 0 spiro atoms. The van der Waals surface area contributed by atoms with E-state index in [9.17, 15) is 23.2 Å². The van der Waals surface area contributed by atoms with Gasteiger partial charge < -0.3 is 72.2 Å². The second kappa shape index (κ2) is 37.2. The largest absolute Gasteiger partial charge is 0.456 e. The lowest BCUT2D eigenvalue weighted by molar-refractivity contribution is -0.127. The molecule has 3 amide bonds. The van der Waals surface area contributed by atoms with Gasteiger partial charge >= 0.3 is 18.0 Å². The van der Waals surface area contributed by atoms with Gasteiger partial charge in [0.2, 0.25) is 29.5 Å². The van der Waals surface area contributed by atoms with Crippen molar-refractivity contribution < 1.29 is 61.1 Å². The summed E-state index contributed by atoms with van der Waals surface area (Å²) >= 11 is 25.8. The Morgan fingerprint density at radius 2 is 0.898 bits per heavy atom. The fourth-order valence-corrected chi connectivity index (χ4v) is 17.3. The number of benzene rings is 5. The van der Waals surface area contributed by atoms with Crippen LogP contribution in [0.2, 0.25) is 20.1 Å². The van der Waals surface area contributed by atoms with Gasteiger partial charge in [-0.1, -0.05) is 84.3 Å². The minimum Gasteiger partial charge on any atom is -0.456 e. The molecule has 0 aliphatic carbocycles. The van der Waals surface area contributed by atoms with Crippen molar-refractivity contribution in [3.63, 3.8) is 0 Å². The summed E-state index contributed by atoms with van der Waals surface area (Å²) in [6, 6.07) is 19.9. The zero-order valence-electron chi connectivity index (χ0n) is 70.0. The van der Waals surface area contributed by atoms with E-state index in [1.165, 1.54) is 48.3 Å². The summed E-state index contributed by atoms with van der Waals surface area (Å²) in [5, 5.41) is 24.4. The number of piperazine rings is 3. The number of aromatic nitrogens is 14. The van der Waals surface area contributed by atoms with Crippen LogP contribution in [-0.4, -0.2) is 289 Å². The first-order valence-corrected chi connectivity index (χ1v) is 42.4. The van der Waals surface area contributed by atoms with Crippen LogP contribution in [-0.2, 0) is 36.8 Å². The van der Waals surface area contributed by atoms with E-state index in [0.717, 1.165) is 25.1 Å². The number of amides is 3. The van der Waals surface area contributed by atoms with Crippen LogP contribution >= 0.6 is 46.4 Å². The number of hydrogen-bond acceptors (Lipinski definition) is 28. The molecule has 14 heterocycles. The van der Waals surface area contributed by atoms with Crippen LogP contribution in [0.15, 0.2) is 129 Å². The highest BCUT2D eigenvalue weighted by Gasteiger charge is 2.38. The summed E-state index contributed by atoms with van der Waals surface area (Å²) in [5.74, 6) is 2.16. The zero-order valence-corrected chi connectivity index (χ0v) is 73.0. The van der Waals surface area contributed by atoms with Gasteiger partial charge in [-0.2, -0.15) is 45.2 Å². The van der Waals surface area contributed by atoms with Crippen molar-refractivity contribution in [3.8, 4) is 58.5 Å². The van der Waals surface area contributed by atoms with Crippen molar-refractivity contribution >= 4 is 147 Å². The normalized spacial score (nSPS) is 18.2. The van der Waals surface area contributed by atoms with Gasteiger partial charge in [0.05, 0.1) is 67.1 Å².